The van der Waals surface area contributed by atoms with E-state index in [1.165, 1.54) is 25.3 Å². The molecular formula is C11H13ClF3NO. The fourth-order valence-electron chi connectivity index (χ4n) is 1.59. The third kappa shape index (κ3) is 3.51. The summed E-state index contributed by atoms with van der Waals surface area (Å²) in [4.78, 5) is 0. The SMILES string of the molecule is COc1ccc(C(CCN)C(F)(F)F)cc1Cl. The average molecular weight is 268 g/mol. The molecule has 1 aromatic rings. The molecule has 0 bridgehead atoms. The second-order valence-corrected chi connectivity index (χ2v) is 3.97. The summed E-state index contributed by atoms with van der Waals surface area (Å²) in [6.07, 6.45) is -4.48. The second-order valence-electron chi connectivity index (χ2n) is 3.57. The van der Waals surface area contributed by atoms with Crippen LogP contribution >= 0.6 is 11.6 Å². The molecule has 2 nitrogen and oxygen atoms in total. The highest BCUT2D eigenvalue weighted by Crippen LogP contribution is 2.39. The van der Waals surface area contributed by atoms with Crippen LogP contribution in [0.15, 0.2) is 18.2 Å². The van der Waals surface area contributed by atoms with Gasteiger partial charge in [0.15, 0.2) is 0 Å². The lowest BCUT2D eigenvalue weighted by atomic mass is 9.95. The van der Waals surface area contributed by atoms with Crippen LogP contribution in [0.4, 0.5) is 13.2 Å². The van der Waals surface area contributed by atoms with Crippen LogP contribution in [-0.4, -0.2) is 19.8 Å². The molecular weight excluding hydrogens is 255 g/mol. The number of hydrogen-bond acceptors (Lipinski definition) is 2. The summed E-state index contributed by atoms with van der Waals surface area (Å²) in [5, 5.41) is 0.163. The van der Waals surface area contributed by atoms with Crippen LogP contribution in [0.3, 0.4) is 0 Å². The Morgan fingerprint density at radius 1 is 1.41 bits per heavy atom. The Labute approximate surface area is 103 Å². The van der Waals surface area contributed by atoms with E-state index in [4.69, 9.17) is 22.1 Å². The van der Waals surface area contributed by atoms with Crippen molar-refractivity contribution in [1.82, 2.24) is 0 Å². The topological polar surface area (TPSA) is 35.2 Å². The van der Waals surface area contributed by atoms with Crippen molar-refractivity contribution in [3.8, 4) is 5.75 Å². The fourth-order valence-corrected chi connectivity index (χ4v) is 1.85. The van der Waals surface area contributed by atoms with Crippen LogP contribution in [0.5, 0.6) is 5.75 Å². The summed E-state index contributed by atoms with van der Waals surface area (Å²) in [7, 11) is 1.40. The third-order valence-electron chi connectivity index (χ3n) is 2.43. The van der Waals surface area contributed by atoms with Crippen molar-refractivity contribution in [2.75, 3.05) is 13.7 Å². The minimum Gasteiger partial charge on any atom is -0.495 e. The number of hydrogen-bond donors (Lipinski definition) is 1. The molecule has 1 unspecified atom stereocenters. The van der Waals surface area contributed by atoms with E-state index < -0.39 is 12.1 Å². The summed E-state index contributed by atoms with van der Waals surface area (Å²) in [6.45, 7) is -0.0339. The van der Waals surface area contributed by atoms with Crippen molar-refractivity contribution in [3.05, 3.63) is 28.8 Å². The van der Waals surface area contributed by atoms with Gasteiger partial charge in [0.25, 0.3) is 0 Å². The molecule has 0 saturated heterocycles. The van der Waals surface area contributed by atoms with Gasteiger partial charge >= 0.3 is 6.18 Å². The molecule has 1 aromatic carbocycles. The van der Waals surface area contributed by atoms with Gasteiger partial charge in [-0.1, -0.05) is 17.7 Å². The van der Waals surface area contributed by atoms with Crippen LogP contribution in [0.1, 0.15) is 17.9 Å². The van der Waals surface area contributed by atoms with Crippen molar-refractivity contribution in [2.45, 2.75) is 18.5 Å². The molecule has 1 atom stereocenters. The van der Waals surface area contributed by atoms with E-state index in [-0.39, 0.29) is 23.6 Å². The smallest absolute Gasteiger partial charge is 0.395 e. The highest BCUT2D eigenvalue weighted by atomic mass is 35.5. The molecule has 96 valence electrons. The molecule has 6 heteroatoms. The molecule has 1 rings (SSSR count). The second kappa shape index (κ2) is 5.60. The fraction of sp³-hybridized carbons (Fsp3) is 0.455. The Balaban J connectivity index is 3.07. The van der Waals surface area contributed by atoms with Crippen molar-refractivity contribution >= 4 is 11.6 Å². The van der Waals surface area contributed by atoms with Crippen LogP contribution in [0, 0.1) is 0 Å². The van der Waals surface area contributed by atoms with Crippen LogP contribution < -0.4 is 10.5 Å². The van der Waals surface area contributed by atoms with Gasteiger partial charge in [-0.3, -0.25) is 0 Å². The zero-order valence-corrected chi connectivity index (χ0v) is 9.98. The maximum absolute atomic E-state index is 12.8. The Hall–Kier alpha value is -0.940. The lowest BCUT2D eigenvalue weighted by Gasteiger charge is -2.20. The Morgan fingerprint density at radius 2 is 2.06 bits per heavy atom. The minimum atomic E-state index is -4.32. The molecule has 0 aliphatic rings. The zero-order valence-electron chi connectivity index (χ0n) is 9.22. The average Bonchev–Trinajstić information content (AvgIpc) is 2.24. The minimum absolute atomic E-state index is 0.0339. The monoisotopic (exact) mass is 267 g/mol. The predicted molar refractivity (Wildman–Crippen MR) is 60.5 cm³/mol. The summed E-state index contributed by atoms with van der Waals surface area (Å²) in [6, 6.07) is 4.06. The quantitative estimate of drug-likeness (QED) is 0.908. The number of alkyl halides is 3. The molecule has 0 saturated carbocycles. The first-order valence-corrected chi connectivity index (χ1v) is 5.38. The molecule has 0 amide bonds. The van der Waals surface area contributed by atoms with E-state index in [0.717, 1.165) is 0 Å². The summed E-state index contributed by atoms with van der Waals surface area (Å²) < 4.78 is 43.2. The highest BCUT2D eigenvalue weighted by Gasteiger charge is 2.40. The molecule has 0 aliphatic heterocycles. The van der Waals surface area contributed by atoms with Crippen molar-refractivity contribution < 1.29 is 17.9 Å². The first-order chi connectivity index (χ1) is 7.90. The third-order valence-corrected chi connectivity index (χ3v) is 2.72. The van der Waals surface area contributed by atoms with Gasteiger partial charge in [-0.25, -0.2) is 0 Å². The van der Waals surface area contributed by atoms with E-state index in [1.807, 2.05) is 0 Å². The zero-order chi connectivity index (χ0) is 13.1. The normalized spacial score (nSPS) is 13.5. The van der Waals surface area contributed by atoms with Crippen molar-refractivity contribution in [1.29, 1.82) is 0 Å². The van der Waals surface area contributed by atoms with E-state index in [0.29, 0.717) is 5.75 Å². The van der Waals surface area contributed by atoms with Gasteiger partial charge in [0.2, 0.25) is 0 Å². The lowest BCUT2D eigenvalue weighted by Crippen LogP contribution is -2.23. The summed E-state index contributed by atoms with van der Waals surface area (Å²) in [5.74, 6) is -1.24. The van der Waals surface area contributed by atoms with Crippen molar-refractivity contribution in [3.63, 3.8) is 0 Å². The first kappa shape index (κ1) is 14.1. The molecule has 0 spiro atoms. The predicted octanol–water partition coefficient (Wildman–Crippen LogP) is 3.34. The van der Waals surface area contributed by atoms with Gasteiger partial charge in [-0.2, -0.15) is 13.2 Å². The Kier molecular flexibility index (Phi) is 4.65. The van der Waals surface area contributed by atoms with Gasteiger partial charge in [0.1, 0.15) is 5.75 Å². The number of rotatable bonds is 4. The number of benzene rings is 1. The molecule has 17 heavy (non-hydrogen) atoms. The van der Waals surface area contributed by atoms with Gasteiger partial charge in [0, 0.05) is 0 Å². The molecule has 0 aliphatic carbocycles. The van der Waals surface area contributed by atoms with Crippen LogP contribution in [-0.2, 0) is 0 Å². The van der Waals surface area contributed by atoms with Gasteiger partial charge in [-0.15, -0.1) is 0 Å². The summed E-state index contributed by atoms with van der Waals surface area (Å²) >= 11 is 5.80. The lowest BCUT2D eigenvalue weighted by molar-refractivity contribution is -0.151. The highest BCUT2D eigenvalue weighted by molar-refractivity contribution is 6.32. The van der Waals surface area contributed by atoms with E-state index >= 15 is 0 Å². The standard InChI is InChI=1S/C11H13ClF3NO/c1-17-10-3-2-7(6-9(10)12)8(4-5-16)11(13,14)15/h2-3,6,8H,4-5,16H2,1H3. The Morgan fingerprint density at radius 3 is 2.47 bits per heavy atom. The Bertz CT molecular complexity index is 381. The number of methoxy groups -OCH3 is 1. The molecule has 0 heterocycles. The number of halogens is 4. The van der Waals surface area contributed by atoms with E-state index in [1.54, 1.807) is 0 Å². The number of ether oxygens (including phenoxy) is 1. The molecule has 0 aromatic heterocycles. The number of nitrogens with two attached hydrogens (primary N) is 1. The van der Waals surface area contributed by atoms with Gasteiger partial charge in [-0.05, 0) is 30.7 Å². The molecule has 0 fully saturated rings. The van der Waals surface area contributed by atoms with Crippen molar-refractivity contribution in [2.24, 2.45) is 5.73 Å². The van der Waals surface area contributed by atoms with E-state index in [9.17, 15) is 13.2 Å². The van der Waals surface area contributed by atoms with Crippen LogP contribution in [0.25, 0.3) is 0 Å². The maximum Gasteiger partial charge on any atom is 0.395 e. The largest absolute Gasteiger partial charge is 0.495 e. The molecule has 0 radical (unpaired) electrons. The van der Waals surface area contributed by atoms with Gasteiger partial charge in [0.05, 0.1) is 18.1 Å². The first-order valence-electron chi connectivity index (χ1n) is 5.00. The van der Waals surface area contributed by atoms with E-state index in [2.05, 4.69) is 0 Å². The summed E-state index contributed by atoms with van der Waals surface area (Å²) in [5.41, 5.74) is 5.31. The molecule has 2 N–H and O–H groups in total. The maximum atomic E-state index is 12.8. The van der Waals surface area contributed by atoms with Crippen LogP contribution in [0.2, 0.25) is 5.02 Å². The van der Waals surface area contributed by atoms with Gasteiger partial charge < -0.3 is 10.5 Å².